The third kappa shape index (κ3) is 2.92. The molecule has 0 radical (unpaired) electrons. The summed E-state index contributed by atoms with van der Waals surface area (Å²) in [5.74, 6) is -0.371. The summed E-state index contributed by atoms with van der Waals surface area (Å²) in [5, 5.41) is 26.9. The summed E-state index contributed by atoms with van der Waals surface area (Å²) in [4.78, 5) is 8.97. The fourth-order valence-corrected chi connectivity index (χ4v) is 4.29. The van der Waals surface area contributed by atoms with Gasteiger partial charge < -0.3 is 16.6 Å². The Bertz CT molecular complexity index is 1350. The molecule has 0 bridgehead atoms. The van der Waals surface area contributed by atoms with Crippen molar-refractivity contribution in [2.24, 2.45) is 4.99 Å². The Morgan fingerprint density at radius 3 is 2.77 bits per heavy atom. The lowest BCUT2D eigenvalue weighted by molar-refractivity contribution is -0.765. The molecular weight excluding hydrogens is 402 g/mol. The van der Waals surface area contributed by atoms with E-state index >= 15 is 0 Å². The van der Waals surface area contributed by atoms with Crippen LogP contribution >= 0.6 is 11.3 Å². The molecule has 1 aliphatic rings. The van der Waals surface area contributed by atoms with E-state index in [0.29, 0.717) is 21.8 Å². The van der Waals surface area contributed by atoms with Crippen LogP contribution in [-0.2, 0) is 0 Å². The highest BCUT2D eigenvalue weighted by Crippen LogP contribution is 2.42. The average molecular weight is 417 g/mol. The van der Waals surface area contributed by atoms with Crippen molar-refractivity contribution < 1.29 is 14.3 Å². The molecule has 1 aliphatic carbocycles. The number of nitrogen functional groups attached to an aromatic ring is 2. The molecule has 5 rings (SSSR count). The number of pyridine rings is 1. The van der Waals surface area contributed by atoms with Crippen molar-refractivity contribution in [3.8, 4) is 17.2 Å². The summed E-state index contributed by atoms with van der Waals surface area (Å²) in [6.45, 7) is 0. The topological polar surface area (TPSA) is 154 Å². The number of hydrogen-bond acceptors (Lipinski definition) is 9. The van der Waals surface area contributed by atoms with Crippen LogP contribution in [0.3, 0.4) is 0 Å². The third-order valence-corrected chi connectivity index (χ3v) is 5.96. The van der Waals surface area contributed by atoms with Crippen LogP contribution in [0, 0.1) is 11.3 Å². The molecule has 3 heterocycles. The van der Waals surface area contributed by atoms with Gasteiger partial charge in [0, 0.05) is 29.7 Å². The van der Waals surface area contributed by atoms with Crippen LogP contribution in [0.2, 0.25) is 0 Å². The Balaban J connectivity index is 1.68. The van der Waals surface area contributed by atoms with Crippen molar-refractivity contribution in [1.82, 2.24) is 10.3 Å². The van der Waals surface area contributed by atoms with Gasteiger partial charge in [-0.25, -0.2) is 9.98 Å². The Morgan fingerprint density at radius 1 is 1.30 bits per heavy atom. The highest BCUT2D eigenvalue weighted by molar-refractivity contribution is 7.21. The molecule has 1 saturated carbocycles. The minimum absolute atomic E-state index is 0.0850. The fourth-order valence-electron chi connectivity index (χ4n) is 3.30. The van der Waals surface area contributed by atoms with Crippen molar-refractivity contribution in [3.05, 3.63) is 47.0 Å². The van der Waals surface area contributed by atoms with Crippen molar-refractivity contribution in [2.45, 2.75) is 18.9 Å². The molecule has 0 amide bonds. The first kappa shape index (κ1) is 18.1. The van der Waals surface area contributed by atoms with Crippen LogP contribution < -0.4 is 21.3 Å². The molecule has 4 N–H and O–H groups in total. The SMILES string of the molecule is N#Cc1c(N)nc2sc(/C([O-])=N/c3c[n+](C4CC4)no3)c(N)c2c1-c1ccccc1. The molecule has 0 saturated heterocycles. The minimum atomic E-state index is -0.564. The lowest BCUT2D eigenvalue weighted by Crippen LogP contribution is -2.32. The molecule has 0 atom stereocenters. The monoisotopic (exact) mass is 417 g/mol. The zero-order chi connectivity index (χ0) is 20.8. The molecule has 3 aromatic heterocycles. The number of hydrogen-bond donors (Lipinski definition) is 2. The van der Waals surface area contributed by atoms with Crippen LogP contribution in [0.15, 0.2) is 46.0 Å². The van der Waals surface area contributed by atoms with E-state index in [9.17, 15) is 10.4 Å². The number of nitriles is 1. The summed E-state index contributed by atoms with van der Waals surface area (Å²) in [6.07, 6.45) is 3.66. The molecule has 148 valence electrons. The zero-order valence-corrected chi connectivity index (χ0v) is 16.4. The number of rotatable bonds is 4. The standard InChI is InChI=1S/C20H15N7O2S/c21-8-12-14(10-4-2-1-3-5-10)15-16(22)17(30-20(15)25-18(12)23)19(28)24-13-9-27(26-29-13)11-6-7-11/h1-5,9,11H,6-7H2,(H4-,22,23,24,25,26,28). The number of nitrogens with two attached hydrogens (primary N) is 2. The molecule has 9 nitrogen and oxygen atoms in total. The number of anilines is 2. The van der Waals surface area contributed by atoms with Gasteiger partial charge in [-0.1, -0.05) is 30.3 Å². The summed E-state index contributed by atoms with van der Waals surface area (Å²) in [7, 11) is 0. The molecule has 30 heavy (non-hydrogen) atoms. The summed E-state index contributed by atoms with van der Waals surface area (Å²) in [6, 6.07) is 11.7. The fraction of sp³-hybridized carbons (Fsp3) is 0.150. The second-order valence-corrected chi connectivity index (χ2v) is 7.92. The van der Waals surface area contributed by atoms with E-state index in [1.54, 1.807) is 10.9 Å². The highest BCUT2D eigenvalue weighted by Gasteiger charge is 2.35. The van der Waals surface area contributed by atoms with Crippen LogP contribution in [0.25, 0.3) is 21.3 Å². The maximum Gasteiger partial charge on any atom is 0.320 e. The van der Waals surface area contributed by atoms with Gasteiger partial charge in [-0.05, 0) is 10.2 Å². The predicted octanol–water partition coefficient (Wildman–Crippen LogP) is 2.05. The van der Waals surface area contributed by atoms with Gasteiger partial charge in [0.05, 0.1) is 10.6 Å². The first-order valence-corrected chi connectivity index (χ1v) is 9.99. The quantitative estimate of drug-likeness (QED) is 0.292. The minimum Gasteiger partial charge on any atom is -0.857 e. The number of thiophene rings is 1. The normalized spacial score (nSPS) is 14.2. The van der Waals surface area contributed by atoms with Crippen LogP contribution in [0.4, 0.5) is 17.4 Å². The van der Waals surface area contributed by atoms with Crippen LogP contribution in [-0.4, -0.2) is 16.2 Å². The van der Waals surface area contributed by atoms with Gasteiger partial charge in [-0.15, -0.1) is 11.3 Å². The van der Waals surface area contributed by atoms with Crippen molar-refractivity contribution >= 4 is 44.8 Å². The van der Waals surface area contributed by atoms with E-state index in [1.807, 2.05) is 30.3 Å². The number of fused-ring (bicyclic) bond motifs is 1. The Kier molecular flexibility index (Phi) is 4.11. The molecule has 4 aromatic rings. The van der Waals surface area contributed by atoms with Crippen LogP contribution in [0.1, 0.15) is 29.3 Å². The summed E-state index contributed by atoms with van der Waals surface area (Å²) >= 11 is 1.08. The van der Waals surface area contributed by atoms with Gasteiger partial charge in [-0.3, -0.25) is 4.52 Å². The highest BCUT2D eigenvalue weighted by atomic mass is 32.1. The predicted molar refractivity (Wildman–Crippen MR) is 110 cm³/mol. The lowest BCUT2D eigenvalue weighted by atomic mass is 9.97. The van der Waals surface area contributed by atoms with Gasteiger partial charge in [0.1, 0.15) is 22.3 Å². The van der Waals surface area contributed by atoms with Gasteiger partial charge in [0.15, 0.2) is 6.04 Å². The van der Waals surface area contributed by atoms with Crippen molar-refractivity contribution in [3.63, 3.8) is 0 Å². The molecule has 10 heteroatoms. The van der Waals surface area contributed by atoms with E-state index in [1.165, 1.54) is 0 Å². The first-order valence-electron chi connectivity index (χ1n) is 9.18. The second kappa shape index (κ2) is 6.82. The van der Waals surface area contributed by atoms with E-state index in [4.69, 9.17) is 16.0 Å². The molecular formula is C20H15N7O2S. The lowest BCUT2D eigenvalue weighted by Gasteiger charge is -2.10. The smallest absolute Gasteiger partial charge is 0.320 e. The number of aromatic nitrogens is 3. The Hall–Kier alpha value is -3.97. The Morgan fingerprint density at radius 2 is 2.07 bits per heavy atom. The number of nitrogens with zero attached hydrogens (tertiary/aromatic N) is 5. The van der Waals surface area contributed by atoms with E-state index < -0.39 is 5.90 Å². The average Bonchev–Trinajstić information content (AvgIpc) is 3.41. The maximum atomic E-state index is 12.8. The van der Waals surface area contributed by atoms with E-state index in [0.717, 1.165) is 29.7 Å². The molecule has 0 spiro atoms. The van der Waals surface area contributed by atoms with Crippen molar-refractivity contribution in [2.75, 3.05) is 11.5 Å². The molecule has 0 aliphatic heterocycles. The molecule has 0 unspecified atom stereocenters. The number of benzene rings is 1. The van der Waals surface area contributed by atoms with E-state index in [-0.39, 0.29) is 27.8 Å². The van der Waals surface area contributed by atoms with E-state index in [2.05, 4.69) is 21.3 Å². The van der Waals surface area contributed by atoms with Gasteiger partial charge >= 0.3 is 5.88 Å². The Labute approximate surface area is 174 Å². The van der Waals surface area contributed by atoms with Crippen molar-refractivity contribution in [1.29, 1.82) is 5.26 Å². The van der Waals surface area contributed by atoms with Gasteiger partial charge in [-0.2, -0.15) is 5.26 Å². The molecule has 1 aromatic carbocycles. The first-order chi connectivity index (χ1) is 14.6. The third-order valence-electron chi connectivity index (χ3n) is 4.88. The van der Waals surface area contributed by atoms with Gasteiger partial charge in [0.25, 0.3) is 6.20 Å². The largest absolute Gasteiger partial charge is 0.857 e. The second-order valence-electron chi connectivity index (χ2n) is 6.92. The number of aliphatic imine (C=N–C) groups is 1. The van der Waals surface area contributed by atoms with Crippen LogP contribution in [0.5, 0.6) is 0 Å². The zero-order valence-electron chi connectivity index (χ0n) is 15.6. The maximum absolute atomic E-state index is 12.8. The summed E-state index contributed by atoms with van der Waals surface area (Å²) in [5.41, 5.74) is 14.1. The summed E-state index contributed by atoms with van der Waals surface area (Å²) < 4.78 is 6.79. The van der Waals surface area contributed by atoms with Gasteiger partial charge in [0.2, 0.25) is 5.27 Å². The molecule has 1 fully saturated rings.